The van der Waals surface area contributed by atoms with Gasteiger partial charge in [-0.2, -0.15) is 13.2 Å². The molecule has 0 atom stereocenters. The van der Waals surface area contributed by atoms with Gasteiger partial charge >= 0.3 is 6.18 Å². The zero-order chi connectivity index (χ0) is 15.0. The number of aromatic nitrogens is 4. The Morgan fingerprint density at radius 3 is 2.65 bits per heavy atom. The van der Waals surface area contributed by atoms with E-state index in [4.69, 9.17) is 0 Å². The summed E-state index contributed by atoms with van der Waals surface area (Å²) in [6.07, 6.45) is -2.50. The average Bonchev–Trinajstić information content (AvgIpc) is 2.73. The summed E-state index contributed by atoms with van der Waals surface area (Å²) in [4.78, 5) is 12.9. The van der Waals surface area contributed by atoms with Crippen LogP contribution >= 0.6 is 0 Å². The van der Waals surface area contributed by atoms with Crippen LogP contribution < -0.4 is 5.32 Å². The van der Waals surface area contributed by atoms with E-state index in [1.54, 1.807) is 0 Å². The fraction of sp³-hybridized carbons (Fsp3) is 0.444. The van der Waals surface area contributed by atoms with E-state index in [1.807, 2.05) is 0 Å². The maximum absolute atomic E-state index is 12.6. The minimum absolute atomic E-state index is 0.0682. The summed E-state index contributed by atoms with van der Waals surface area (Å²) in [6.45, 7) is -0.0682. The molecule has 2 aromatic heterocycles. The van der Waals surface area contributed by atoms with Gasteiger partial charge in [-0.1, -0.05) is 0 Å². The van der Waals surface area contributed by atoms with Crippen LogP contribution in [0.4, 0.5) is 19.0 Å². The summed E-state index contributed by atoms with van der Waals surface area (Å²) in [5.74, 6) is -1.70. The molecule has 0 saturated carbocycles. The molecule has 2 N–H and O–H groups in total. The number of H-pyrrole nitrogens is 1. The Hall–Kier alpha value is -1.91. The van der Waals surface area contributed by atoms with Crippen molar-refractivity contribution in [3.05, 3.63) is 12.2 Å². The molecule has 0 unspecified atom stereocenters. The summed E-state index contributed by atoms with van der Waals surface area (Å²) in [5.41, 5.74) is 0.0423. The normalized spacial score (nSPS) is 12.8. The summed E-state index contributed by atoms with van der Waals surface area (Å²) >= 11 is 0. The van der Waals surface area contributed by atoms with Crippen LogP contribution in [0.2, 0.25) is 0 Å². The van der Waals surface area contributed by atoms with Crippen LogP contribution in [0.5, 0.6) is 0 Å². The van der Waals surface area contributed by atoms with Gasteiger partial charge in [0.2, 0.25) is 5.82 Å². The molecule has 2 heterocycles. The standard InChI is InChI=1S/C9H10F3N5O2S/c1-20(18,19)3-2-13-6-5-7(15-4-14-5)17-8(16-6)9(10,11)12/h4H,2-3H2,1H3,(H2,13,14,15,16,17). The molecule has 0 aliphatic carbocycles. The van der Waals surface area contributed by atoms with Crippen molar-refractivity contribution in [2.24, 2.45) is 0 Å². The molecule has 0 bridgehead atoms. The molecule has 0 spiro atoms. The smallest absolute Gasteiger partial charge is 0.367 e. The maximum Gasteiger partial charge on any atom is 0.451 e. The van der Waals surface area contributed by atoms with E-state index in [-0.39, 0.29) is 29.3 Å². The monoisotopic (exact) mass is 309 g/mol. The Bertz CT molecular complexity index is 725. The first kappa shape index (κ1) is 14.5. The van der Waals surface area contributed by atoms with Crippen molar-refractivity contribution < 1.29 is 21.6 Å². The highest BCUT2D eigenvalue weighted by Crippen LogP contribution is 2.29. The first-order chi connectivity index (χ1) is 9.17. The fourth-order valence-electron chi connectivity index (χ4n) is 1.44. The van der Waals surface area contributed by atoms with Crippen molar-refractivity contribution in [2.75, 3.05) is 23.9 Å². The van der Waals surface area contributed by atoms with Crippen molar-refractivity contribution in [1.29, 1.82) is 0 Å². The second-order valence-electron chi connectivity index (χ2n) is 4.05. The van der Waals surface area contributed by atoms with Gasteiger partial charge in [0.05, 0.1) is 12.1 Å². The number of halogens is 3. The van der Waals surface area contributed by atoms with Crippen molar-refractivity contribution in [1.82, 2.24) is 19.9 Å². The Labute approximate surface area is 111 Å². The van der Waals surface area contributed by atoms with Crippen molar-refractivity contribution in [2.45, 2.75) is 6.18 Å². The van der Waals surface area contributed by atoms with Crippen LogP contribution in [-0.4, -0.2) is 46.9 Å². The first-order valence-electron chi connectivity index (χ1n) is 5.37. The number of sulfone groups is 1. The number of nitrogens with zero attached hydrogens (tertiary/aromatic N) is 3. The van der Waals surface area contributed by atoms with Gasteiger partial charge in [-0.3, -0.25) is 0 Å². The third kappa shape index (κ3) is 3.35. The van der Waals surface area contributed by atoms with Crippen LogP contribution in [-0.2, 0) is 16.0 Å². The molecular formula is C9H10F3N5O2S. The van der Waals surface area contributed by atoms with Crippen LogP contribution in [0.15, 0.2) is 6.33 Å². The second-order valence-corrected chi connectivity index (χ2v) is 6.31. The van der Waals surface area contributed by atoms with E-state index in [9.17, 15) is 21.6 Å². The number of nitrogens with one attached hydrogen (secondary N) is 2. The molecular weight excluding hydrogens is 299 g/mol. The molecule has 0 saturated heterocycles. The van der Waals surface area contributed by atoms with E-state index in [2.05, 4.69) is 25.3 Å². The summed E-state index contributed by atoms with van der Waals surface area (Å²) in [7, 11) is -3.23. The quantitative estimate of drug-likeness (QED) is 0.867. The lowest BCUT2D eigenvalue weighted by Gasteiger charge is -2.09. The van der Waals surface area contributed by atoms with E-state index in [1.165, 1.54) is 6.33 Å². The molecule has 11 heteroatoms. The van der Waals surface area contributed by atoms with Crippen molar-refractivity contribution in [3.8, 4) is 0 Å². The van der Waals surface area contributed by atoms with Gasteiger partial charge in [-0.25, -0.2) is 23.4 Å². The molecule has 20 heavy (non-hydrogen) atoms. The SMILES string of the molecule is CS(=O)(=O)CCNc1nc(C(F)(F)F)nc2nc[nH]c12. The van der Waals surface area contributed by atoms with Gasteiger partial charge in [0.1, 0.15) is 15.4 Å². The number of anilines is 1. The number of imidazole rings is 1. The molecule has 0 aromatic carbocycles. The number of aromatic amines is 1. The third-order valence-electron chi connectivity index (χ3n) is 2.30. The number of hydrogen-bond donors (Lipinski definition) is 2. The Morgan fingerprint density at radius 2 is 2.05 bits per heavy atom. The van der Waals surface area contributed by atoms with Gasteiger partial charge in [0.25, 0.3) is 0 Å². The van der Waals surface area contributed by atoms with Crippen molar-refractivity contribution in [3.63, 3.8) is 0 Å². The van der Waals surface area contributed by atoms with Crippen molar-refractivity contribution >= 4 is 26.8 Å². The van der Waals surface area contributed by atoms with Gasteiger partial charge in [0.15, 0.2) is 11.5 Å². The van der Waals surface area contributed by atoms with Crippen LogP contribution in [0.1, 0.15) is 5.82 Å². The molecule has 110 valence electrons. The molecule has 0 radical (unpaired) electrons. The van der Waals surface area contributed by atoms with E-state index < -0.39 is 21.8 Å². The molecule has 2 rings (SSSR count). The highest BCUT2D eigenvalue weighted by atomic mass is 32.2. The van der Waals surface area contributed by atoms with E-state index in [0.717, 1.165) is 6.26 Å². The fourth-order valence-corrected chi connectivity index (χ4v) is 1.92. The lowest BCUT2D eigenvalue weighted by Crippen LogP contribution is -2.17. The predicted molar refractivity (Wildman–Crippen MR) is 64.9 cm³/mol. The highest BCUT2D eigenvalue weighted by Gasteiger charge is 2.36. The van der Waals surface area contributed by atoms with E-state index in [0.29, 0.717) is 0 Å². The number of hydrogen-bond acceptors (Lipinski definition) is 6. The lowest BCUT2D eigenvalue weighted by molar-refractivity contribution is -0.144. The number of alkyl halides is 3. The molecule has 0 aliphatic rings. The second kappa shape index (κ2) is 4.89. The maximum atomic E-state index is 12.6. The summed E-state index contributed by atoms with van der Waals surface area (Å²) < 4.78 is 59.9. The largest absolute Gasteiger partial charge is 0.451 e. The van der Waals surface area contributed by atoms with Gasteiger partial charge in [0, 0.05) is 12.8 Å². The van der Waals surface area contributed by atoms with Crippen LogP contribution in [0, 0.1) is 0 Å². The van der Waals surface area contributed by atoms with Gasteiger partial charge in [-0.05, 0) is 0 Å². The van der Waals surface area contributed by atoms with Crippen LogP contribution in [0.3, 0.4) is 0 Å². The molecule has 0 fully saturated rings. The molecule has 0 aliphatic heterocycles. The van der Waals surface area contributed by atoms with Gasteiger partial charge < -0.3 is 10.3 Å². The zero-order valence-corrected chi connectivity index (χ0v) is 11.0. The molecule has 0 amide bonds. The number of fused-ring (bicyclic) bond motifs is 1. The minimum atomic E-state index is -4.71. The van der Waals surface area contributed by atoms with Crippen LogP contribution in [0.25, 0.3) is 11.2 Å². The first-order valence-corrected chi connectivity index (χ1v) is 7.43. The lowest BCUT2D eigenvalue weighted by atomic mass is 10.4. The topological polar surface area (TPSA) is 101 Å². The Balaban J connectivity index is 2.33. The molecule has 7 nitrogen and oxygen atoms in total. The Kier molecular flexibility index (Phi) is 3.54. The predicted octanol–water partition coefficient (Wildman–Crippen LogP) is 0.828. The summed E-state index contributed by atoms with van der Waals surface area (Å²) in [6, 6.07) is 0. The third-order valence-corrected chi connectivity index (χ3v) is 3.25. The van der Waals surface area contributed by atoms with Gasteiger partial charge in [-0.15, -0.1) is 0 Å². The number of rotatable bonds is 4. The highest BCUT2D eigenvalue weighted by molar-refractivity contribution is 7.90. The average molecular weight is 309 g/mol. The minimum Gasteiger partial charge on any atom is -0.367 e. The van der Waals surface area contributed by atoms with E-state index >= 15 is 0 Å². The summed E-state index contributed by atoms with van der Waals surface area (Å²) in [5, 5.41) is 2.54. The Morgan fingerprint density at radius 1 is 1.35 bits per heavy atom. The molecule has 2 aromatic rings. The zero-order valence-electron chi connectivity index (χ0n) is 10.2.